The third-order valence-electron chi connectivity index (χ3n) is 1.88. The van der Waals surface area contributed by atoms with E-state index in [1.807, 2.05) is 0 Å². The maximum Gasteiger partial charge on any atom is 0.322 e. The Kier molecular flexibility index (Phi) is 3.60. The number of anilines is 1. The van der Waals surface area contributed by atoms with Crippen LogP contribution in [0.2, 0.25) is 0 Å². The number of benzene rings is 1. The van der Waals surface area contributed by atoms with Crippen molar-refractivity contribution in [1.29, 1.82) is 0 Å². The van der Waals surface area contributed by atoms with E-state index in [9.17, 15) is 13.6 Å². The number of hydrogen-bond donors (Lipinski definition) is 2. The van der Waals surface area contributed by atoms with Crippen molar-refractivity contribution in [1.82, 2.24) is 0 Å². The van der Waals surface area contributed by atoms with Crippen LogP contribution >= 0.6 is 0 Å². The minimum atomic E-state index is -1.24. The number of carbonyl (C=O) groups is 1. The summed E-state index contributed by atoms with van der Waals surface area (Å²) in [6.45, 7) is 0.931. The van der Waals surface area contributed by atoms with E-state index in [-0.39, 0.29) is 17.8 Å². The normalized spacial score (nSPS) is 12.2. The molecule has 0 heterocycles. The van der Waals surface area contributed by atoms with Gasteiger partial charge in [0.15, 0.2) is 0 Å². The van der Waals surface area contributed by atoms with Crippen molar-refractivity contribution in [3.05, 3.63) is 29.6 Å². The molecule has 0 aliphatic heterocycles. The molecule has 0 bridgehead atoms. The number of halogens is 2. The van der Waals surface area contributed by atoms with Crippen molar-refractivity contribution < 1.29 is 18.7 Å². The Bertz CT molecular complexity index is 366. The molecule has 0 spiro atoms. The van der Waals surface area contributed by atoms with Crippen LogP contribution in [-0.2, 0) is 4.79 Å². The number of aliphatic carboxylic acids is 1. The van der Waals surface area contributed by atoms with Crippen LogP contribution < -0.4 is 5.32 Å². The van der Waals surface area contributed by atoms with Crippen LogP contribution in [-0.4, -0.2) is 17.6 Å². The van der Waals surface area contributed by atoms with Crippen LogP contribution in [0.15, 0.2) is 18.2 Å². The summed E-state index contributed by atoms with van der Waals surface area (Å²) in [5.41, 5.74) is 0.287. The van der Waals surface area contributed by atoms with Gasteiger partial charge in [-0.3, -0.25) is 4.79 Å². The Morgan fingerprint density at radius 1 is 1.60 bits per heavy atom. The number of hydrogen-bond acceptors (Lipinski definition) is 2. The molecule has 1 rings (SSSR count). The minimum Gasteiger partial charge on any atom is -0.480 e. The van der Waals surface area contributed by atoms with Gasteiger partial charge in [0.2, 0.25) is 0 Å². The molecule has 15 heavy (non-hydrogen) atoms. The zero-order valence-electron chi connectivity index (χ0n) is 8.13. The van der Waals surface area contributed by atoms with Crippen molar-refractivity contribution in [3.8, 4) is 0 Å². The van der Waals surface area contributed by atoms with E-state index in [1.54, 1.807) is 0 Å². The van der Waals surface area contributed by atoms with E-state index >= 15 is 0 Å². The van der Waals surface area contributed by atoms with Gasteiger partial charge in [-0.15, -0.1) is 0 Å². The fourth-order valence-corrected chi connectivity index (χ4v) is 1.09. The lowest BCUT2D eigenvalue weighted by molar-refractivity contribution is -0.134. The predicted octanol–water partition coefficient (Wildman–Crippen LogP) is 2.35. The second-order valence-corrected chi connectivity index (χ2v) is 3.10. The Hall–Kier alpha value is -1.65. The predicted molar refractivity (Wildman–Crippen MR) is 52.0 cm³/mol. The summed E-state index contributed by atoms with van der Waals surface area (Å²) in [5.74, 6) is -1.74. The molecule has 1 atom stereocenters. The standard InChI is InChI=1S/C10H11F2NO2/c1-6(11)7-2-3-9(8(12)4-7)13-5-10(14)15/h2-4,6,13H,5H2,1H3,(H,14,15). The topological polar surface area (TPSA) is 49.3 Å². The van der Waals surface area contributed by atoms with Crippen LogP contribution in [0, 0.1) is 5.82 Å². The van der Waals surface area contributed by atoms with E-state index in [0.717, 1.165) is 6.07 Å². The first-order valence-corrected chi connectivity index (χ1v) is 4.40. The fraction of sp³-hybridized carbons (Fsp3) is 0.300. The smallest absolute Gasteiger partial charge is 0.322 e. The third kappa shape index (κ3) is 3.19. The zero-order chi connectivity index (χ0) is 11.4. The molecular formula is C10H11F2NO2. The quantitative estimate of drug-likeness (QED) is 0.810. The summed E-state index contributed by atoms with van der Waals surface area (Å²) in [4.78, 5) is 10.2. The lowest BCUT2D eigenvalue weighted by atomic mass is 10.1. The third-order valence-corrected chi connectivity index (χ3v) is 1.88. The van der Waals surface area contributed by atoms with Crippen LogP contribution in [0.5, 0.6) is 0 Å². The summed E-state index contributed by atoms with van der Waals surface area (Å²) < 4.78 is 26.0. The van der Waals surface area contributed by atoms with Gasteiger partial charge in [0.05, 0.1) is 5.69 Å². The van der Waals surface area contributed by atoms with Gasteiger partial charge in [-0.1, -0.05) is 6.07 Å². The molecule has 3 nitrogen and oxygen atoms in total. The van der Waals surface area contributed by atoms with Crippen LogP contribution in [0.3, 0.4) is 0 Å². The molecule has 0 saturated carbocycles. The molecule has 1 unspecified atom stereocenters. The van der Waals surface area contributed by atoms with Crippen molar-refractivity contribution in [2.24, 2.45) is 0 Å². The van der Waals surface area contributed by atoms with E-state index in [0.29, 0.717) is 0 Å². The number of carboxylic acids is 1. The highest BCUT2D eigenvalue weighted by Gasteiger charge is 2.08. The zero-order valence-corrected chi connectivity index (χ0v) is 8.13. The van der Waals surface area contributed by atoms with E-state index < -0.39 is 18.0 Å². The van der Waals surface area contributed by atoms with Gasteiger partial charge in [0, 0.05) is 0 Å². The molecule has 0 fully saturated rings. The van der Waals surface area contributed by atoms with Gasteiger partial charge >= 0.3 is 5.97 Å². The highest BCUT2D eigenvalue weighted by molar-refractivity contribution is 5.72. The lowest BCUT2D eigenvalue weighted by Crippen LogP contribution is -2.13. The Labute approximate surface area is 85.7 Å². The summed E-state index contributed by atoms with van der Waals surface area (Å²) in [5, 5.41) is 10.7. The summed E-state index contributed by atoms with van der Waals surface area (Å²) in [6.07, 6.45) is -1.24. The average Bonchev–Trinajstić information content (AvgIpc) is 2.15. The first-order valence-electron chi connectivity index (χ1n) is 4.40. The average molecular weight is 215 g/mol. The van der Waals surface area contributed by atoms with Gasteiger partial charge in [-0.25, -0.2) is 8.78 Å². The number of nitrogens with one attached hydrogen (secondary N) is 1. The van der Waals surface area contributed by atoms with Crippen molar-refractivity contribution in [2.75, 3.05) is 11.9 Å². The highest BCUT2D eigenvalue weighted by Crippen LogP contribution is 2.21. The van der Waals surface area contributed by atoms with Crippen molar-refractivity contribution >= 4 is 11.7 Å². The first-order chi connectivity index (χ1) is 7.00. The van der Waals surface area contributed by atoms with Crippen molar-refractivity contribution in [3.63, 3.8) is 0 Å². The van der Waals surface area contributed by atoms with Gasteiger partial charge < -0.3 is 10.4 Å². The van der Waals surface area contributed by atoms with E-state index in [4.69, 9.17) is 5.11 Å². The number of alkyl halides is 1. The van der Waals surface area contributed by atoms with Crippen LogP contribution in [0.4, 0.5) is 14.5 Å². The summed E-state index contributed by atoms with van der Waals surface area (Å²) in [6, 6.07) is 3.79. The van der Waals surface area contributed by atoms with E-state index in [1.165, 1.54) is 19.1 Å². The molecule has 0 radical (unpaired) electrons. The van der Waals surface area contributed by atoms with Gasteiger partial charge in [0.25, 0.3) is 0 Å². The maximum atomic E-state index is 13.2. The largest absolute Gasteiger partial charge is 0.480 e. The van der Waals surface area contributed by atoms with Crippen LogP contribution in [0.1, 0.15) is 18.7 Å². The van der Waals surface area contributed by atoms with Gasteiger partial charge in [-0.05, 0) is 24.6 Å². The fourth-order valence-electron chi connectivity index (χ4n) is 1.09. The second kappa shape index (κ2) is 4.72. The Balaban J connectivity index is 2.79. The molecule has 2 N–H and O–H groups in total. The van der Waals surface area contributed by atoms with E-state index in [2.05, 4.69) is 5.32 Å². The molecule has 0 saturated heterocycles. The van der Waals surface area contributed by atoms with Gasteiger partial charge in [0.1, 0.15) is 18.5 Å². The second-order valence-electron chi connectivity index (χ2n) is 3.10. The van der Waals surface area contributed by atoms with Crippen LogP contribution in [0.25, 0.3) is 0 Å². The molecule has 0 amide bonds. The summed E-state index contributed by atoms with van der Waals surface area (Å²) in [7, 11) is 0. The maximum absolute atomic E-state index is 13.2. The summed E-state index contributed by atoms with van der Waals surface area (Å²) >= 11 is 0. The Morgan fingerprint density at radius 2 is 2.27 bits per heavy atom. The monoisotopic (exact) mass is 215 g/mol. The molecule has 1 aromatic carbocycles. The molecule has 0 aromatic heterocycles. The molecule has 82 valence electrons. The molecule has 1 aromatic rings. The number of rotatable bonds is 4. The SMILES string of the molecule is CC(F)c1ccc(NCC(=O)O)c(F)c1. The Morgan fingerprint density at radius 3 is 2.73 bits per heavy atom. The molecular weight excluding hydrogens is 204 g/mol. The van der Waals surface area contributed by atoms with Gasteiger partial charge in [-0.2, -0.15) is 0 Å². The van der Waals surface area contributed by atoms with Crippen molar-refractivity contribution in [2.45, 2.75) is 13.1 Å². The molecule has 5 heteroatoms. The number of carboxylic acid groups (broad SMARTS) is 1. The first kappa shape index (κ1) is 11.4. The highest BCUT2D eigenvalue weighted by atomic mass is 19.1. The minimum absolute atomic E-state index is 0.0572. The molecule has 0 aliphatic rings. The molecule has 0 aliphatic carbocycles. The lowest BCUT2D eigenvalue weighted by Gasteiger charge is -2.07.